The summed E-state index contributed by atoms with van der Waals surface area (Å²) >= 11 is 0. The van der Waals surface area contributed by atoms with E-state index in [0.717, 1.165) is 0 Å². The molecule has 68 valence electrons. The van der Waals surface area contributed by atoms with E-state index in [1.807, 2.05) is 30.3 Å². The summed E-state index contributed by atoms with van der Waals surface area (Å²) in [4.78, 5) is 0. The highest BCUT2D eigenvalue weighted by molar-refractivity contribution is 6.78. The Kier molecular flexibility index (Phi) is 2.89. The standard InChI is InChI=1S/C11H15NSi/c1-13(2,3)11(9-12)10-7-5-4-6-8-10/h4-8,11H,1-3H3/t11-/m1/s1. The second-order valence-corrected chi connectivity index (χ2v) is 9.65. The van der Waals surface area contributed by atoms with Crippen molar-refractivity contribution in [1.82, 2.24) is 0 Å². The molecule has 1 aromatic carbocycles. The van der Waals surface area contributed by atoms with Gasteiger partial charge in [0.05, 0.1) is 19.7 Å². The van der Waals surface area contributed by atoms with Crippen molar-refractivity contribution in [1.29, 1.82) is 5.26 Å². The normalized spacial score (nSPS) is 13.4. The maximum absolute atomic E-state index is 9.10. The van der Waals surface area contributed by atoms with Crippen LogP contribution in [0.15, 0.2) is 30.3 Å². The molecule has 0 aliphatic carbocycles. The van der Waals surface area contributed by atoms with Gasteiger partial charge in [0.25, 0.3) is 0 Å². The summed E-state index contributed by atoms with van der Waals surface area (Å²) in [5, 5.41) is 9.10. The van der Waals surface area contributed by atoms with Crippen LogP contribution in [-0.2, 0) is 0 Å². The number of nitriles is 1. The van der Waals surface area contributed by atoms with Crippen molar-refractivity contribution in [2.75, 3.05) is 0 Å². The molecule has 0 heterocycles. The molecule has 2 heteroatoms. The number of hydrogen-bond acceptors (Lipinski definition) is 1. The monoisotopic (exact) mass is 189 g/mol. The van der Waals surface area contributed by atoms with Crippen LogP contribution in [0, 0.1) is 11.3 Å². The predicted molar refractivity (Wildman–Crippen MR) is 58.1 cm³/mol. The molecule has 1 rings (SSSR count). The van der Waals surface area contributed by atoms with Gasteiger partial charge >= 0.3 is 0 Å². The molecule has 0 unspecified atom stereocenters. The topological polar surface area (TPSA) is 23.8 Å². The Morgan fingerprint density at radius 2 is 1.69 bits per heavy atom. The summed E-state index contributed by atoms with van der Waals surface area (Å²) < 4.78 is 0. The van der Waals surface area contributed by atoms with Crippen LogP contribution >= 0.6 is 0 Å². The summed E-state index contributed by atoms with van der Waals surface area (Å²) in [5.41, 5.74) is 1.29. The van der Waals surface area contributed by atoms with Gasteiger partial charge in [-0.1, -0.05) is 50.0 Å². The van der Waals surface area contributed by atoms with Crippen LogP contribution in [-0.4, -0.2) is 8.07 Å². The molecular weight excluding hydrogens is 174 g/mol. The summed E-state index contributed by atoms with van der Waals surface area (Å²) in [5.74, 6) is 0. The van der Waals surface area contributed by atoms with Gasteiger partial charge in [-0.15, -0.1) is 0 Å². The van der Waals surface area contributed by atoms with Gasteiger partial charge in [0.2, 0.25) is 0 Å². The molecule has 0 amide bonds. The predicted octanol–water partition coefficient (Wildman–Crippen LogP) is 3.17. The Morgan fingerprint density at radius 1 is 1.15 bits per heavy atom. The minimum absolute atomic E-state index is 0.119. The zero-order valence-corrected chi connectivity index (χ0v) is 9.41. The third kappa shape index (κ3) is 2.43. The Bertz CT molecular complexity index is 305. The van der Waals surface area contributed by atoms with Crippen molar-refractivity contribution in [3.63, 3.8) is 0 Å². The average Bonchev–Trinajstić information content (AvgIpc) is 2.05. The third-order valence-corrected chi connectivity index (χ3v) is 4.32. The summed E-state index contributed by atoms with van der Waals surface area (Å²) in [6.07, 6.45) is 0. The molecule has 0 radical (unpaired) electrons. The van der Waals surface area contributed by atoms with E-state index in [-0.39, 0.29) is 5.54 Å². The van der Waals surface area contributed by atoms with Crippen LogP contribution < -0.4 is 0 Å². The highest BCUT2D eigenvalue weighted by Crippen LogP contribution is 2.25. The third-order valence-electron chi connectivity index (χ3n) is 2.13. The molecule has 1 aromatic rings. The zero-order valence-electron chi connectivity index (χ0n) is 8.41. The van der Waals surface area contributed by atoms with Crippen molar-refractivity contribution >= 4 is 8.07 Å². The molecule has 0 spiro atoms. The molecule has 1 nitrogen and oxygen atoms in total. The van der Waals surface area contributed by atoms with Gasteiger partial charge in [-0.3, -0.25) is 0 Å². The van der Waals surface area contributed by atoms with Crippen molar-refractivity contribution in [3.8, 4) is 6.07 Å². The molecule has 0 aliphatic rings. The Morgan fingerprint density at radius 3 is 2.08 bits per heavy atom. The van der Waals surface area contributed by atoms with Gasteiger partial charge < -0.3 is 0 Å². The van der Waals surface area contributed by atoms with E-state index in [2.05, 4.69) is 25.7 Å². The van der Waals surface area contributed by atoms with Gasteiger partial charge in [-0.2, -0.15) is 5.26 Å². The van der Waals surface area contributed by atoms with E-state index in [1.54, 1.807) is 0 Å². The number of nitrogens with zero attached hydrogens (tertiary/aromatic N) is 1. The molecule has 0 fully saturated rings. The maximum atomic E-state index is 9.10. The number of benzene rings is 1. The molecule has 0 N–H and O–H groups in total. The highest BCUT2D eigenvalue weighted by Gasteiger charge is 2.27. The first-order chi connectivity index (χ1) is 6.05. The molecule has 0 aromatic heterocycles. The van der Waals surface area contributed by atoms with E-state index in [4.69, 9.17) is 5.26 Å². The largest absolute Gasteiger partial charge is 0.198 e. The van der Waals surface area contributed by atoms with Gasteiger partial charge in [0.1, 0.15) is 0 Å². The fourth-order valence-electron chi connectivity index (χ4n) is 1.41. The van der Waals surface area contributed by atoms with Gasteiger partial charge in [0.15, 0.2) is 0 Å². The number of rotatable bonds is 2. The molecule has 0 saturated heterocycles. The smallest absolute Gasteiger partial charge is 0.0696 e. The lowest BCUT2D eigenvalue weighted by Gasteiger charge is -2.22. The lowest BCUT2D eigenvalue weighted by molar-refractivity contribution is 1.14. The SMILES string of the molecule is C[Si](C)(C)[C@H](C#N)c1ccccc1. The minimum atomic E-state index is -1.39. The van der Waals surface area contributed by atoms with E-state index >= 15 is 0 Å². The fourth-order valence-corrected chi connectivity index (χ4v) is 2.99. The first kappa shape index (κ1) is 10.0. The summed E-state index contributed by atoms with van der Waals surface area (Å²) in [6.45, 7) is 6.69. The van der Waals surface area contributed by atoms with Crippen LogP contribution in [0.1, 0.15) is 11.1 Å². The van der Waals surface area contributed by atoms with Crippen molar-refractivity contribution in [3.05, 3.63) is 35.9 Å². The van der Waals surface area contributed by atoms with E-state index < -0.39 is 8.07 Å². The molecule has 1 atom stereocenters. The first-order valence-electron chi connectivity index (χ1n) is 4.50. The fraction of sp³-hybridized carbons (Fsp3) is 0.364. The molecule has 0 saturated carbocycles. The summed E-state index contributed by atoms with van der Waals surface area (Å²) in [6, 6.07) is 12.5. The Balaban J connectivity index is 3.01. The zero-order chi connectivity index (χ0) is 9.90. The Hall–Kier alpha value is -1.07. The van der Waals surface area contributed by atoms with Crippen LogP contribution in [0.2, 0.25) is 19.6 Å². The lowest BCUT2D eigenvalue weighted by atomic mass is 10.2. The summed E-state index contributed by atoms with van der Waals surface area (Å²) in [7, 11) is -1.39. The Labute approximate surface area is 81.0 Å². The highest BCUT2D eigenvalue weighted by atomic mass is 28.3. The van der Waals surface area contributed by atoms with Crippen molar-refractivity contribution < 1.29 is 0 Å². The van der Waals surface area contributed by atoms with Gasteiger partial charge in [-0.25, -0.2) is 0 Å². The molecule has 0 aliphatic heterocycles. The maximum Gasteiger partial charge on any atom is 0.0696 e. The molecule has 0 bridgehead atoms. The quantitative estimate of drug-likeness (QED) is 0.656. The number of hydrogen-bond donors (Lipinski definition) is 0. The molecule has 13 heavy (non-hydrogen) atoms. The lowest BCUT2D eigenvalue weighted by Crippen LogP contribution is -2.29. The van der Waals surface area contributed by atoms with E-state index in [0.29, 0.717) is 0 Å². The van der Waals surface area contributed by atoms with E-state index in [9.17, 15) is 0 Å². The minimum Gasteiger partial charge on any atom is -0.198 e. The average molecular weight is 189 g/mol. The second-order valence-electron chi connectivity index (χ2n) is 4.34. The van der Waals surface area contributed by atoms with Crippen LogP contribution in [0.25, 0.3) is 0 Å². The van der Waals surface area contributed by atoms with Gasteiger partial charge in [-0.05, 0) is 5.56 Å². The first-order valence-corrected chi connectivity index (χ1v) is 8.08. The van der Waals surface area contributed by atoms with Crippen LogP contribution in [0.3, 0.4) is 0 Å². The van der Waals surface area contributed by atoms with Gasteiger partial charge in [0, 0.05) is 0 Å². The van der Waals surface area contributed by atoms with Crippen molar-refractivity contribution in [2.24, 2.45) is 0 Å². The molecular formula is C11H15NSi. The second kappa shape index (κ2) is 3.76. The van der Waals surface area contributed by atoms with Crippen LogP contribution in [0.5, 0.6) is 0 Å². The van der Waals surface area contributed by atoms with Crippen molar-refractivity contribution in [2.45, 2.75) is 25.2 Å². The van der Waals surface area contributed by atoms with E-state index in [1.165, 1.54) is 5.56 Å². The van der Waals surface area contributed by atoms with Crippen LogP contribution in [0.4, 0.5) is 0 Å².